The first-order chi connectivity index (χ1) is 17.5. The topological polar surface area (TPSA) is 99.5 Å². The Kier molecular flexibility index (Phi) is 5.74. The van der Waals surface area contributed by atoms with Crippen molar-refractivity contribution in [3.8, 4) is 0 Å². The number of carbonyl (C=O) groups is 2. The molecule has 2 aromatic carbocycles. The van der Waals surface area contributed by atoms with Crippen molar-refractivity contribution in [2.24, 2.45) is 0 Å². The molecule has 2 aliphatic heterocycles. The van der Waals surface area contributed by atoms with E-state index < -0.39 is 17.0 Å². The third kappa shape index (κ3) is 3.75. The van der Waals surface area contributed by atoms with Gasteiger partial charge in [-0.2, -0.15) is 0 Å². The number of benzene rings is 2. The van der Waals surface area contributed by atoms with Gasteiger partial charge in [-0.25, -0.2) is 0 Å². The zero-order chi connectivity index (χ0) is 24.8. The van der Waals surface area contributed by atoms with Crippen LogP contribution >= 0.6 is 0 Å². The minimum atomic E-state index is -0.580. The molecule has 8 nitrogen and oxygen atoms in total. The molecule has 0 unspecified atom stereocenters. The summed E-state index contributed by atoms with van der Waals surface area (Å²) < 4.78 is 0. The first kappa shape index (κ1) is 22.8. The van der Waals surface area contributed by atoms with Crippen LogP contribution in [-0.4, -0.2) is 50.1 Å². The lowest BCUT2D eigenvalue weighted by Crippen LogP contribution is -2.64. The molecule has 0 radical (unpaired) electrons. The number of piperazine rings is 1. The fourth-order valence-electron chi connectivity index (χ4n) is 6.47. The Hall–Kier alpha value is -3.68. The fraction of sp³-hybridized carbons (Fsp3) is 0.429. The second kappa shape index (κ2) is 9.08. The molecule has 3 aliphatic rings. The van der Waals surface area contributed by atoms with E-state index in [1.165, 1.54) is 31.4 Å². The molecule has 2 amide bonds. The number of non-ortho nitro benzene ring substituents is 1. The maximum absolute atomic E-state index is 14.0. The van der Waals surface area contributed by atoms with Crippen LogP contribution in [0.2, 0.25) is 0 Å². The second-order valence-electron chi connectivity index (χ2n) is 10.3. The Bertz CT molecular complexity index is 1320. The van der Waals surface area contributed by atoms with Crippen molar-refractivity contribution in [1.82, 2.24) is 14.8 Å². The van der Waals surface area contributed by atoms with Crippen molar-refractivity contribution in [2.75, 3.05) is 6.54 Å². The number of nitrogens with zero attached hydrogens (tertiary/aromatic N) is 3. The minimum absolute atomic E-state index is 0.000478. The molecule has 1 N–H and O–H groups in total. The van der Waals surface area contributed by atoms with Gasteiger partial charge in [0.15, 0.2) is 0 Å². The Morgan fingerprint density at radius 2 is 1.61 bits per heavy atom. The van der Waals surface area contributed by atoms with Crippen molar-refractivity contribution in [3.05, 3.63) is 75.5 Å². The predicted octanol–water partition coefficient (Wildman–Crippen LogP) is 4.87. The smallest absolute Gasteiger partial charge is 0.269 e. The highest BCUT2D eigenvalue weighted by Gasteiger charge is 2.49. The van der Waals surface area contributed by atoms with Gasteiger partial charge in [0, 0.05) is 41.2 Å². The van der Waals surface area contributed by atoms with Gasteiger partial charge in [0.1, 0.15) is 12.6 Å². The number of rotatable bonds is 3. The van der Waals surface area contributed by atoms with Crippen molar-refractivity contribution in [1.29, 1.82) is 0 Å². The van der Waals surface area contributed by atoms with Crippen LogP contribution in [0.25, 0.3) is 10.9 Å². The molecule has 1 aliphatic carbocycles. The first-order valence-corrected chi connectivity index (χ1v) is 13.0. The number of carbonyl (C=O) groups excluding carboxylic acids is 2. The van der Waals surface area contributed by atoms with Crippen LogP contribution in [0.4, 0.5) is 5.69 Å². The molecule has 1 aromatic heterocycles. The normalized spacial score (nSPS) is 23.2. The molecule has 8 heteroatoms. The van der Waals surface area contributed by atoms with E-state index in [9.17, 15) is 19.7 Å². The molecule has 1 saturated carbocycles. The summed E-state index contributed by atoms with van der Waals surface area (Å²) in [6.07, 6.45) is 8.18. The van der Waals surface area contributed by atoms with Gasteiger partial charge in [-0.15, -0.1) is 0 Å². The number of amides is 2. The van der Waals surface area contributed by atoms with Crippen molar-refractivity contribution in [3.63, 3.8) is 0 Å². The van der Waals surface area contributed by atoms with E-state index in [4.69, 9.17) is 0 Å². The zero-order valence-electron chi connectivity index (χ0n) is 20.2. The molecule has 2 atom stereocenters. The van der Waals surface area contributed by atoms with Crippen LogP contribution in [0.1, 0.15) is 67.8 Å². The highest BCUT2D eigenvalue weighted by Crippen LogP contribution is 2.43. The quantitative estimate of drug-likeness (QED) is 0.422. The molecular formula is C28H30N4O4. The number of nitro groups is 1. The van der Waals surface area contributed by atoms with Gasteiger partial charge < -0.3 is 14.8 Å². The van der Waals surface area contributed by atoms with Gasteiger partial charge in [-0.05, 0) is 42.2 Å². The van der Waals surface area contributed by atoms with Gasteiger partial charge in [0.05, 0.1) is 11.0 Å². The number of H-pyrrole nitrogens is 1. The minimum Gasteiger partial charge on any atom is -0.356 e. The van der Waals surface area contributed by atoms with Crippen molar-refractivity contribution in [2.45, 2.75) is 69.5 Å². The summed E-state index contributed by atoms with van der Waals surface area (Å²) in [5.41, 5.74) is 3.67. The van der Waals surface area contributed by atoms with Crippen LogP contribution < -0.4 is 0 Å². The molecule has 186 valence electrons. The molecule has 3 heterocycles. The lowest BCUT2D eigenvalue weighted by molar-refractivity contribution is -0.384. The maximum atomic E-state index is 14.0. The average Bonchev–Trinajstić information content (AvgIpc) is 3.23. The molecular weight excluding hydrogens is 456 g/mol. The molecule has 0 bridgehead atoms. The number of aromatic amines is 1. The predicted molar refractivity (Wildman–Crippen MR) is 135 cm³/mol. The number of nitrogens with one attached hydrogen (secondary N) is 1. The molecule has 3 aromatic rings. The fourth-order valence-corrected chi connectivity index (χ4v) is 6.47. The standard InChI is InChI=1S/C28H30N4O4/c33-25-17-30(19-8-4-2-1-3-5-9-19)28(34)24-16-22-21-10-6-7-11-23(21)29-26(22)27(31(24)25)18-12-14-20(15-13-18)32(35)36/h6-7,10-15,19,24,27,29H,1-5,8-9,16-17H2/t24-,27+/m0/s1. The lowest BCUT2D eigenvalue weighted by Gasteiger charge is -2.49. The third-order valence-electron chi connectivity index (χ3n) is 8.23. The SMILES string of the molecule is O=C1[C@@H]2Cc3c([nH]c4ccccc34)[C@@H](c3ccc([N+](=O)[O-])cc3)N2C(=O)CN1C1CCCCCCC1. The summed E-state index contributed by atoms with van der Waals surface area (Å²) in [6, 6.07) is 13.4. The monoisotopic (exact) mass is 486 g/mol. The molecule has 1 saturated heterocycles. The number of nitro benzene ring substituents is 1. The summed E-state index contributed by atoms with van der Waals surface area (Å²) in [5, 5.41) is 12.3. The van der Waals surface area contributed by atoms with Crippen molar-refractivity contribution >= 4 is 28.4 Å². The Balaban J connectivity index is 1.43. The molecule has 2 fully saturated rings. The molecule has 0 spiro atoms. The molecule has 6 rings (SSSR count). The first-order valence-electron chi connectivity index (χ1n) is 13.0. The van der Waals surface area contributed by atoms with E-state index >= 15 is 0 Å². The summed E-state index contributed by atoms with van der Waals surface area (Å²) in [7, 11) is 0. The van der Waals surface area contributed by atoms with Crippen molar-refractivity contribution < 1.29 is 14.5 Å². The van der Waals surface area contributed by atoms with Crippen LogP contribution in [0, 0.1) is 10.1 Å². The van der Waals surface area contributed by atoms with Gasteiger partial charge in [-0.1, -0.05) is 50.3 Å². The van der Waals surface area contributed by atoms with Gasteiger partial charge in [0.2, 0.25) is 11.8 Å². The average molecular weight is 487 g/mol. The van der Waals surface area contributed by atoms with E-state index in [1.807, 2.05) is 23.1 Å². The number of hydrogen-bond donors (Lipinski definition) is 1. The third-order valence-corrected chi connectivity index (χ3v) is 8.23. The summed E-state index contributed by atoms with van der Waals surface area (Å²) >= 11 is 0. The summed E-state index contributed by atoms with van der Waals surface area (Å²) in [6.45, 7) is 0.0963. The highest BCUT2D eigenvalue weighted by atomic mass is 16.6. The highest BCUT2D eigenvalue weighted by molar-refractivity contribution is 5.97. The van der Waals surface area contributed by atoms with Crippen LogP contribution in [0.3, 0.4) is 0 Å². The number of para-hydroxylation sites is 1. The van der Waals surface area contributed by atoms with Crippen LogP contribution in [0.15, 0.2) is 48.5 Å². The Morgan fingerprint density at radius 1 is 0.917 bits per heavy atom. The van der Waals surface area contributed by atoms with E-state index in [0.29, 0.717) is 6.42 Å². The zero-order valence-corrected chi connectivity index (χ0v) is 20.2. The van der Waals surface area contributed by atoms with E-state index in [2.05, 4.69) is 11.1 Å². The number of aromatic nitrogens is 1. The number of fused-ring (bicyclic) bond motifs is 4. The second-order valence-corrected chi connectivity index (χ2v) is 10.3. The largest absolute Gasteiger partial charge is 0.356 e. The van der Waals surface area contributed by atoms with E-state index in [-0.39, 0.29) is 30.1 Å². The number of hydrogen-bond acceptors (Lipinski definition) is 4. The summed E-state index contributed by atoms with van der Waals surface area (Å²) in [5.74, 6) is -0.0302. The van der Waals surface area contributed by atoms with Crippen LogP contribution in [0.5, 0.6) is 0 Å². The summed E-state index contributed by atoms with van der Waals surface area (Å²) in [4.78, 5) is 45.7. The van der Waals surface area contributed by atoms with Crippen LogP contribution in [-0.2, 0) is 16.0 Å². The van der Waals surface area contributed by atoms with Gasteiger partial charge in [-0.3, -0.25) is 19.7 Å². The van der Waals surface area contributed by atoms with Gasteiger partial charge in [0.25, 0.3) is 5.69 Å². The maximum Gasteiger partial charge on any atom is 0.269 e. The lowest BCUT2D eigenvalue weighted by atomic mass is 9.85. The van der Waals surface area contributed by atoms with E-state index in [0.717, 1.165) is 53.4 Å². The van der Waals surface area contributed by atoms with Gasteiger partial charge >= 0.3 is 0 Å². The van der Waals surface area contributed by atoms with E-state index in [1.54, 1.807) is 17.0 Å². The molecule has 36 heavy (non-hydrogen) atoms. The Morgan fingerprint density at radius 3 is 2.33 bits per heavy atom. The Labute approximate surface area is 209 Å².